The molecular formula is C20H27NO. The van der Waals surface area contributed by atoms with Gasteiger partial charge in [-0.3, -0.25) is 0 Å². The first-order chi connectivity index (χ1) is 10.8. The Bertz CT molecular complexity index is 561. The van der Waals surface area contributed by atoms with E-state index in [9.17, 15) is 5.11 Å². The first kappa shape index (κ1) is 15.4. The average molecular weight is 297 g/mol. The lowest BCUT2D eigenvalue weighted by Gasteiger charge is -2.39. The molecule has 0 radical (unpaired) electrons. The highest BCUT2D eigenvalue weighted by atomic mass is 16.2. The van der Waals surface area contributed by atoms with E-state index in [4.69, 9.17) is 0 Å². The highest BCUT2D eigenvalue weighted by Gasteiger charge is 2.32. The molecule has 0 bridgehead atoms. The minimum absolute atomic E-state index is 0.297. The van der Waals surface area contributed by atoms with Crippen LogP contribution in [0.1, 0.15) is 37.3 Å². The highest BCUT2D eigenvalue weighted by molar-refractivity contribution is 5.56. The van der Waals surface area contributed by atoms with Crippen LogP contribution in [0.25, 0.3) is 0 Å². The van der Waals surface area contributed by atoms with Crippen LogP contribution < -0.4 is 5.32 Å². The summed E-state index contributed by atoms with van der Waals surface area (Å²) in [5, 5.41) is 13.0. The zero-order chi connectivity index (χ0) is 15.4. The monoisotopic (exact) mass is 297 g/mol. The Labute approximate surface area is 133 Å². The van der Waals surface area contributed by atoms with Gasteiger partial charge in [-0.1, -0.05) is 43.4 Å². The van der Waals surface area contributed by atoms with E-state index in [0.717, 1.165) is 32.1 Å². The number of aliphatic hydroxyl groups is 1. The molecule has 3 rings (SSSR count). The largest absolute Gasteiger partial charge is 0.396 e. The molecule has 2 aliphatic rings. The molecule has 0 spiro atoms. The van der Waals surface area contributed by atoms with Gasteiger partial charge in [-0.2, -0.15) is 0 Å². The summed E-state index contributed by atoms with van der Waals surface area (Å²) >= 11 is 0. The van der Waals surface area contributed by atoms with Gasteiger partial charge in [0.2, 0.25) is 0 Å². The van der Waals surface area contributed by atoms with Crippen molar-refractivity contribution in [2.75, 3.05) is 11.9 Å². The van der Waals surface area contributed by atoms with Crippen molar-refractivity contribution in [1.82, 2.24) is 0 Å². The Morgan fingerprint density at radius 2 is 2.18 bits per heavy atom. The number of hydrogen-bond donors (Lipinski definition) is 2. The lowest BCUT2D eigenvalue weighted by atomic mass is 9.76. The molecule has 1 aromatic rings. The number of aryl methyl sites for hydroxylation is 1. The fourth-order valence-electron chi connectivity index (χ4n) is 3.84. The van der Waals surface area contributed by atoms with Gasteiger partial charge in [0.25, 0.3) is 0 Å². The first-order valence-electron chi connectivity index (χ1n) is 8.64. The number of hydrogen-bond acceptors (Lipinski definition) is 2. The van der Waals surface area contributed by atoms with Gasteiger partial charge in [0.1, 0.15) is 0 Å². The van der Waals surface area contributed by atoms with Crippen LogP contribution in [-0.4, -0.2) is 17.8 Å². The van der Waals surface area contributed by atoms with Gasteiger partial charge >= 0.3 is 0 Å². The molecule has 2 heteroatoms. The predicted octanol–water partition coefficient (Wildman–Crippen LogP) is 4.11. The van der Waals surface area contributed by atoms with Crippen LogP contribution in [0.2, 0.25) is 0 Å². The third kappa shape index (κ3) is 3.27. The highest BCUT2D eigenvalue weighted by Crippen LogP contribution is 2.36. The zero-order valence-corrected chi connectivity index (χ0v) is 13.5. The molecular weight excluding hydrogens is 270 g/mol. The third-order valence-electron chi connectivity index (χ3n) is 5.10. The lowest BCUT2D eigenvalue weighted by Crippen LogP contribution is -2.40. The predicted molar refractivity (Wildman–Crippen MR) is 93.1 cm³/mol. The summed E-state index contributed by atoms with van der Waals surface area (Å²) in [5.41, 5.74) is 4.18. The van der Waals surface area contributed by atoms with Crippen molar-refractivity contribution < 1.29 is 5.11 Å². The third-order valence-corrected chi connectivity index (χ3v) is 5.10. The smallest absolute Gasteiger partial charge is 0.0431 e. The lowest BCUT2D eigenvalue weighted by molar-refractivity contribution is 0.253. The number of rotatable bonds is 5. The van der Waals surface area contributed by atoms with Gasteiger partial charge in [0, 0.05) is 24.3 Å². The Morgan fingerprint density at radius 3 is 2.91 bits per heavy atom. The Morgan fingerprint density at radius 1 is 1.27 bits per heavy atom. The van der Waals surface area contributed by atoms with Crippen molar-refractivity contribution in [3.8, 4) is 0 Å². The summed E-state index contributed by atoms with van der Waals surface area (Å²) in [6.07, 6.45) is 14.3. The molecule has 0 amide bonds. The van der Waals surface area contributed by atoms with Crippen molar-refractivity contribution in [2.24, 2.45) is 11.8 Å². The molecule has 0 saturated heterocycles. The van der Waals surface area contributed by atoms with Crippen molar-refractivity contribution >= 4 is 5.69 Å². The number of anilines is 1. The number of allylic oxidation sites excluding steroid dienone is 3. The molecule has 0 saturated carbocycles. The van der Waals surface area contributed by atoms with Gasteiger partial charge in [0.15, 0.2) is 0 Å². The molecule has 2 nitrogen and oxygen atoms in total. The SMILES string of the molecule is CCc1ccc2c(c1)C[C@@H](CCCO)[C@H](C1C=CC=CC1)N2. The van der Waals surface area contributed by atoms with Crippen LogP contribution in [0.15, 0.2) is 42.5 Å². The van der Waals surface area contributed by atoms with E-state index >= 15 is 0 Å². The summed E-state index contributed by atoms with van der Waals surface area (Å²) in [7, 11) is 0. The second kappa shape index (κ2) is 7.15. The second-order valence-electron chi connectivity index (χ2n) is 6.56. The topological polar surface area (TPSA) is 32.3 Å². The molecule has 118 valence electrons. The zero-order valence-electron chi connectivity index (χ0n) is 13.5. The molecule has 3 atom stereocenters. The van der Waals surface area contributed by atoms with Gasteiger partial charge in [-0.15, -0.1) is 0 Å². The Kier molecular flexibility index (Phi) is 4.99. The van der Waals surface area contributed by atoms with Gasteiger partial charge in [-0.05, 0) is 55.2 Å². The van der Waals surface area contributed by atoms with Gasteiger partial charge in [-0.25, -0.2) is 0 Å². The maximum absolute atomic E-state index is 9.23. The number of benzene rings is 1. The van der Waals surface area contributed by atoms with E-state index in [1.807, 2.05) is 0 Å². The van der Waals surface area contributed by atoms with Crippen LogP contribution in [0.4, 0.5) is 5.69 Å². The van der Waals surface area contributed by atoms with Gasteiger partial charge in [0.05, 0.1) is 0 Å². The Hall–Kier alpha value is -1.54. The maximum Gasteiger partial charge on any atom is 0.0431 e. The van der Waals surface area contributed by atoms with E-state index in [-0.39, 0.29) is 0 Å². The normalized spacial score (nSPS) is 26.5. The maximum atomic E-state index is 9.23. The first-order valence-corrected chi connectivity index (χ1v) is 8.64. The number of nitrogens with one attached hydrogen (secondary N) is 1. The van der Waals surface area contributed by atoms with Crippen molar-refractivity contribution in [2.45, 2.75) is 45.1 Å². The second-order valence-corrected chi connectivity index (χ2v) is 6.56. The molecule has 0 fully saturated rings. The fraction of sp³-hybridized carbons (Fsp3) is 0.500. The summed E-state index contributed by atoms with van der Waals surface area (Å²) in [5.74, 6) is 1.17. The van der Waals surface area contributed by atoms with Crippen LogP contribution >= 0.6 is 0 Å². The van der Waals surface area contributed by atoms with Crippen LogP contribution in [-0.2, 0) is 12.8 Å². The molecule has 22 heavy (non-hydrogen) atoms. The van der Waals surface area contributed by atoms with Crippen LogP contribution in [0.5, 0.6) is 0 Å². The van der Waals surface area contributed by atoms with Crippen LogP contribution in [0, 0.1) is 11.8 Å². The standard InChI is InChI=1S/C20H27NO/c1-2-15-10-11-19-18(13-15)14-17(9-6-12-22)20(21-19)16-7-4-3-5-8-16/h3-5,7,10-11,13,16-17,20-22H,2,6,8-9,12,14H2,1H3/t16?,17-,20+/m1/s1. The molecule has 1 aromatic carbocycles. The average Bonchev–Trinajstić information content (AvgIpc) is 2.59. The molecule has 1 aliphatic heterocycles. The van der Waals surface area contributed by atoms with E-state index in [2.05, 4.69) is 54.7 Å². The minimum atomic E-state index is 0.297. The summed E-state index contributed by atoms with van der Waals surface area (Å²) in [4.78, 5) is 0. The van der Waals surface area contributed by atoms with Crippen molar-refractivity contribution in [1.29, 1.82) is 0 Å². The Balaban J connectivity index is 1.83. The van der Waals surface area contributed by atoms with Crippen molar-refractivity contribution in [3.63, 3.8) is 0 Å². The summed E-state index contributed by atoms with van der Waals surface area (Å²) < 4.78 is 0. The number of fused-ring (bicyclic) bond motifs is 1. The quantitative estimate of drug-likeness (QED) is 0.857. The van der Waals surface area contributed by atoms with Crippen LogP contribution in [0.3, 0.4) is 0 Å². The molecule has 1 unspecified atom stereocenters. The van der Waals surface area contributed by atoms with E-state index in [1.54, 1.807) is 0 Å². The molecule has 1 heterocycles. The fourth-order valence-corrected chi connectivity index (χ4v) is 3.84. The van der Waals surface area contributed by atoms with E-state index < -0.39 is 0 Å². The van der Waals surface area contributed by atoms with Gasteiger partial charge < -0.3 is 10.4 Å². The summed E-state index contributed by atoms with van der Waals surface area (Å²) in [6.45, 7) is 2.51. The summed E-state index contributed by atoms with van der Waals surface area (Å²) in [6, 6.07) is 7.34. The molecule has 0 aromatic heterocycles. The molecule has 1 aliphatic carbocycles. The van der Waals surface area contributed by atoms with E-state index in [0.29, 0.717) is 24.5 Å². The van der Waals surface area contributed by atoms with Crippen molar-refractivity contribution in [3.05, 3.63) is 53.6 Å². The molecule has 2 N–H and O–H groups in total. The van der Waals surface area contributed by atoms with E-state index in [1.165, 1.54) is 16.8 Å². The number of aliphatic hydroxyl groups excluding tert-OH is 1. The minimum Gasteiger partial charge on any atom is -0.396 e.